The second-order valence-corrected chi connectivity index (χ2v) is 5.12. The van der Waals surface area contributed by atoms with E-state index in [1.165, 1.54) is 12.8 Å². The molecule has 0 aromatic rings. The molecule has 0 aromatic heterocycles. The molecule has 3 saturated carbocycles. The topological polar surface area (TPSA) is 26.0 Å². The van der Waals surface area contributed by atoms with Gasteiger partial charge < -0.3 is 5.73 Å². The molecule has 3 rings (SSSR count). The van der Waals surface area contributed by atoms with Crippen molar-refractivity contribution in [1.82, 2.24) is 0 Å². The maximum Gasteiger partial charge on any atom is 0.00702 e. The summed E-state index contributed by atoms with van der Waals surface area (Å²) in [7, 11) is 0. The van der Waals surface area contributed by atoms with Crippen LogP contribution < -0.4 is 5.73 Å². The standard InChI is InChI=1S/C10H19N/c1-6-8-4-7(5-9(6)11)10(8,2)3/h6-9H,4-5,11H2,1-3H3/t6-,7+,8-,9+/m0/s1. The van der Waals surface area contributed by atoms with Crippen LogP contribution >= 0.6 is 0 Å². The van der Waals surface area contributed by atoms with Gasteiger partial charge in [-0.3, -0.25) is 0 Å². The molecule has 3 aliphatic carbocycles. The molecule has 0 heterocycles. The predicted molar refractivity (Wildman–Crippen MR) is 47.1 cm³/mol. The Morgan fingerprint density at radius 1 is 1.27 bits per heavy atom. The first kappa shape index (κ1) is 7.60. The number of hydrogen-bond donors (Lipinski definition) is 1. The van der Waals surface area contributed by atoms with Crippen molar-refractivity contribution < 1.29 is 0 Å². The monoisotopic (exact) mass is 153 g/mol. The lowest BCUT2D eigenvalue weighted by atomic mass is 9.45. The smallest absolute Gasteiger partial charge is 0.00702 e. The lowest BCUT2D eigenvalue weighted by Crippen LogP contribution is -2.58. The van der Waals surface area contributed by atoms with Gasteiger partial charge in [-0.05, 0) is 36.0 Å². The summed E-state index contributed by atoms with van der Waals surface area (Å²) in [5.41, 5.74) is 6.63. The van der Waals surface area contributed by atoms with Crippen LogP contribution in [0.15, 0.2) is 0 Å². The first-order valence-electron chi connectivity index (χ1n) is 4.79. The number of nitrogens with two attached hydrogens (primary N) is 1. The summed E-state index contributed by atoms with van der Waals surface area (Å²) in [6.45, 7) is 7.15. The molecule has 2 N–H and O–H groups in total. The molecule has 1 nitrogen and oxygen atoms in total. The quantitative estimate of drug-likeness (QED) is 0.566. The average Bonchev–Trinajstić information content (AvgIpc) is 1.93. The van der Waals surface area contributed by atoms with Gasteiger partial charge in [-0.1, -0.05) is 20.8 Å². The second-order valence-electron chi connectivity index (χ2n) is 5.12. The molecule has 0 aromatic carbocycles. The summed E-state index contributed by atoms with van der Waals surface area (Å²) in [6.07, 6.45) is 2.71. The average molecular weight is 153 g/mol. The molecule has 0 radical (unpaired) electrons. The van der Waals surface area contributed by atoms with E-state index in [0.29, 0.717) is 11.5 Å². The van der Waals surface area contributed by atoms with Crippen LogP contribution in [-0.4, -0.2) is 6.04 Å². The van der Waals surface area contributed by atoms with Crippen LogP contribution in [0.1, 0.15) is 33.6 Å². The van der Waals surface area contributed by atoms with E-state index in [2.05, 4.69) is 20.8 Å². The highest BCUT2D eigenvalue weighted by Crippen LogP contribution is 2.60. The Labute approximate surface area is 69.4 Å². The molecule has 64 valence electrons. The molecule has 0 saturated heterocycles. The van der Waals surface area contributed by atoms with Crippen molar-refractivity contribution in [2.45, 2.75) is 39.7 Å². The van der Waals surface area contributed by atoms with Crippen LogP contribution in [0.4, 0.5) is 0 Å². The fraction of sp³-hybridized carbons (Fsp3) is 1.00. The van der Waals surface area contributed by atoms with Gasteiger partial charge in [-0.2, -0.15) is 0 Å². The lowest BCUT2D eigenvalue weighted by Gasteiger charge is -2.61. The molecular weight excluding hydrogens is 134 g/mol. The van der Waals surface area contributed by atoms with Crippen LogP contribution in [0.3, 0.4) is 0 Å². The van der Waals surface area contributed by atoms with Gasteiger partial charge in [-0.15, -0.1) is 0 Å². The zero-order valence-electron chi connectivity index (χ0n) is 7.80. The number of rotatable bonds is 0. The predicted octanol–water partition coefficient (Wildman–Crippen LogP) is 2.02. The van der Waals surface area contributed by atoms with Crippen molar-refractivity contribution in [3.8, 4) is 0 Å². The van der Waals surface area contributed by atoms with Crippen molar-refractivity contribution in [2.24, 2.45) is 28.9 Å². The Morgan fingerprint density at radius 3 is 2.27 bits per heavy atom. The summed E-state index contributed by atoms with van der Waals surface area (Å²) in [4.78, 5) is 0. The molecule has 3 aliphatic rings. The van der Waals surface area contributed by atoms with Gasteiger partial charge in [0.2, 0.25) is 0 Å². The van der Waals surface area contributed by atoms with Gasteiger partial charge in [-0.25, -0.2) is 0 Å². The van der Waals surface area contributed by atoms with E-state index in [4.69, 9.17) is 5.73 Å². The zero-order chi connectivity index (χ0) is 8.22. The highest BCUT2D eigenvalue weighted by Gasteiger charge is 2.55. The lowest BCUT2D eigenvalue weighted by molar-refractivity contribution is -0.108. The van der Waals surface area contributed by atoms with Crippen molar-refractivity contribution >= 4 is 0 Å². The molecule has 1 heteroatoms. The Bertz CT molecular complexity index is 174. The van der Waals surface area contributed by atoms with E-state index < -0.39 is 0 Å². The molecule has 0 spiro atoms. The largest absolute Gasteiger partial charge is 0.327 e. The third kappa shape index (κ3) is 0.807. The first-order chi connectivity index (χ1) is 5.03. The summed E-state index contributed by atoms with van der Waals surface area (Å²) in [5.74, 6) is 2.60. The second kappa shape index (κ2) is 2.01. The van der Waals surface area contributed by atoms with E-state index in [1.807, 2.05) is 0 Å². The van der Waals surface area contributed by atoms with Gasteiger partial charge in [0.1, 0.15) is 0 Å². The Balaban J connectivity index is 2.17. The fourth-order valence-electron chi connectivity index (χ4n) is 3.19. The van der Waals surface area contributed by atoms with Crippen LogP contribution in [0.25, 0.3) is 0 Å². The van der Waals surface area contributed by atoms with Gasteiger partial charge >= 0.3 is 0 Å². The van der Waals surface area contributed by atoms with E-state index in [-0.39, 0.29) is 0 Å². The summed E-state index contributed by atoms with van der Waals surface area (Å²) >= 11 is 0. The van der Waals surface area contributed by atoms with E-state index in [1.54, 1.807) is 0 Å². The van der Waals surface area contributed by atoms with Crippen molar-refractivity contribution in [1.29, 1.82) is 0 Å². The van der Waals surface area contributed by atoms with Crippen LogP contribution in [-0.2, 0) is 0 Å². The molecule has 0 unspecified atom stereocenters. The maximum atomic E-state index is 6.02. The Morgan fingerprint density at radius 2 is 1.91 bits per heavy atom. The van der Waals surface area contributed by atoms with Gasteiger partial charge in [0.15, 0.2) is 0 Å². The Kier molecular flexibility index (Phi) is 1.39. The van der Waals surface area contributed by atoms with Crippen molar-refractivity contribution in [3.63, 3.8) is 0 Å². The summed E-state index contributed by atoms with van der Waals surface area (Å²) < 4.78 is 0. The molecule has 0 amide bonds. The van der Waals surface area contributed by atoms with Crippen molar-refractivity contribution in [3.05, 3.63) is 0 Å². The van der Waals surface area contributed by atoms with Crippen LogP contribution in [0.2, 0.25) is 0 Å². The van der Waals surface area contributed by atoms with Crippen LogP contribution in [0.5, 0.6) is 0 Å². The minimum Gasteiger partial charge on any atom is -0.327 e. The Hall–Kier alpha value is -0.0400. The molecule has 3 fully saturated rings. The number of fused-ring (bicyclic) bond motifs is 2. The van der Waals surface area contributed by atoms with E-state index >= 15 is 0 Å². The third-order valence-corrected chi connectivity index (χ3v) is 4.41. The minimum absolute atomic E-state index is 0.492. The van der Waals surface area contributed by atoms with E-state index in [0.717, 1.165) is 17.8 Å². The molecule has 2 bridgehead atoms. The first-order valence-corrected chi connectivity index (χ1v) is 4.79. The van der Waals surface area contributed by atoms with Crippen molar-refractivity contribution in [2.75, 3.05) is 0 Å². The minimum atomic E-state index is 0.492. The summed E-state index contributed by atoms with van der Waals surface area (Å²) in [5, 5.41) is 0. The highest BCUT2D eigenvalue weighted by molar-refractivity contribution is 5.06. The maximum absolute atomic E-state index is 6.02. The SMILES string of the molecule is C[C@@H]1[C@H](N)C[C@H]2C[C@@H]1C2(C)C. The number of hydrogen-bond acceptors (Lipinski definition) is 1. The molecule has 11 heavy (non-hydrogen) atoms. The van der Waals surface area contributed by atoms with Gasteiger partial charge in [0, 0.05) is 6.04 Å². The van der Waals surface area contributed by atoms with Gasteiger partial charge in [0.25, 0.3) is 0 Å². The van der Waals surface area contributed by atoms with Gasteiger partial charge in [0.05, 0.1) is 0 Å². The zero-order valence-corrected chi connectivity index (χ0v) is 7.80. The molecule has 0 aliphatic heterocycles. The highest BCUT2D eigenvalue weighted by atomic mass is 14.7. The third-order valence-electron chi connectivity index (χ3n) is 4.41. The van der Waals surface area contributed by atoms with Crippen LogP contribution in [0, 0.1) is 23.2 Å². The van der Waals surface area contributed by atoms with E-state index in [9.17, 15) is 0 Å². The molecular formula is C10H19N. The normalized spacial score (nSPS) is 53.5. The molecule has 4 atom stereocenters. The summed E-state index contributed by atoms with van der Waals surface area (Å²) in [6, 6.07) is 0.492. The fourth-order valence-corrected chi connectivity index (χ4v) is 3.19.